The number of aromatic hydroxyl groups is 2. The number of hydrogen-bond donors (Lipinski definition) is 5. The van der Waals surface area contributed by atoms with Gasteiger partial charge in [-0.05, 0) is 101 Å². The topological polar surface area (TPSA) is 84.8 Å². The van der Waals surface area contributed by atoms with Crippen molar-refractivity contribution in [2.45, 2.75) is 63.0 Å². The Bertz CT molecular complexity index is 591. The number of rotatable bonds is 9. The van der Waals surface area contributed by atoms with E-state index >= 15 is 0 Å². The Balaban J connectivity index is 1.57. The third kappa shape index (κ3) is 5.12. The van der Waals surface area contributed by atoms with Crippen LogP contribution in [0.25, 0.3) is 0 Å². The second kappa shape index (κ2) is 8.59. The van der Waals surface area contributed by atoms with Gasteiger partial charge in [0.15, 0.2) is 11.5 Å². The highest BCUT2D eigenvalue weighted by Crippen LogP contribution is 2.39. The fraction of sp³-hybridized carbons (Fsp3) is 0.714. The number of aliphatic hydroxyl groups is 1. The number of nitrogens with one attached hydrogen (secondary N) is 2. The molecule has 1 aromatic carbocycles. The molecule has 0 saturated heterocycles. The van der Waals surface area contributed by atoms with Gasteiger partial charge in [-0.1, -0.05) is 6.07 Å². The highest BCUT2D eigenvalue weighted by molar-refractivity contribution is 5.40. The van der Waals surface area contributed by atoms with Crippen LogP contribution in [0.2, 0.25) is 0 Å². The summed E-state index contributed by atoms with van der Waals surface area (Å²) < 4.78 is 0. The molecule has 0 spiro atoms. The van der Waals surface area contributed by atoms with Crippen LogP contribution < -0.4 is 10.6 Å². The van der Waals surface area contributed by atoms with Crippen molar-refractivity contribution in [2.75, 3.05) is 20.1 Å². The van der Waals surface area contributed by atoms with Gasteiger partial charge in [-0.15, -0.1) is 0 Å². The Morgan fingerprint density at radius 1 is 1.15 bits per heavy atom. The summed E-state index contributed by atoms with van der Waals surface area (Å²) in [5.41, 5.74) is 0.303. The van der Waals surface area contributed by atoms with Gasteiger partial charge in [0, 0.05) is 6.04 Å². The van der Waals surface area contributed by atoms with E-state index in [1.165, 1.54) is 18.9 Å². The molecule has 1 aromatic rings. The first kappa shape index (κ1) is 19.5. The van der Waals surface area contributed by atoms with Gasteiger partial charge in [0.2, 0.25) is 0 Å². The van der Waals surface area contributed by atoms with E-state index in [4.69, 9.17) is 0 Å². The average Bonchev–Trinajstić information content (AvgIpc) is 3.45. The minimum absolute atomic E-state index is 0.0887. The van der Waals surface area contributed by atoms with Gasteiger partial charge in [0.25, 0.3) is 0 Å². The zero-order valence-electron chi connectivity index (χ0n) is 15.9. The van der Waals surface area contributed by atoms with Crippen molar-refractivity contribution in [1.29, 1.82) is 0 Å². The molecule has 0 amide bonds. The summed E-state index contributed by atoms with van der Waals surface area (Å²) in [6.07, 6.45) is 7.96. The summed E-state index contributed by atoms with van der Waals surface area (Å²) in [4.78, 5) is 0. The lowest BCUT2D eigenvalue weighted by atomic mass is 9.69. The largest absolute Gasteiger partial charge is 0.504 e. The standard InChI is InChI=1S/C21H34N2O3/c1-22-18-7-10-21(26,9-6-15-4-5-19(24)20(25)12-15)17(13-18)8-11-23-14-16-2-3-16/h4-5,12,16-18,22-26H,2-3,6-11,13-14H2,1H3. The van der Waals surface area contributed by atoms with Crippen LogP contribution in [-0.4, -0.2) is 47.1 Å². The van der Waals surface area contributed by atoms with Crippen molar-refractivity contribution < 1.29 is 15.3 Å². The van der Waals surface area contributed by atoms with E-state index in [1.54, 1.807) is 6.07 Å². The molecular weight excluding hydrogens is 328 g/mol. The van der Waals surface area contributed by atoms with Crippen LogP contribution >= 0.6 is 0 Å². The Morgan fingerprint density at radius 2 is 1.96 bits per heavy atom. The van der Waals surface area contributed by atoms with Crippen LogP contribution in [0.5, 0.6) is 11.5 Å². The molecule has 5 nitrogen and oxygen atoms in total. The number of phenols is 2. The second-order valence-corrected chi connectivity index (χ2v) is 8.32. The molecule has 0 heterocycles. The van der Waals surface area contributed by atoms with Crippen molar-refractivity contribution in [2.24, 2.45) is 11.8 Å². The maximum Gasteiger partial charge on any atom is 0.157 e. The quantitative estimate of drug-likeness (QED) is 0.344. The molecule has 0 aromatic heterocycles. The SMILES string of the molecule is CNC1CCC(O)(CCc2ccc(O)c(O)c2)C(CCNCC2CC2)C1. The lowest BCUT2D eigenvalue weighted by Crippen LogP contribution is -2.48. The van der Waals surface area contributed by atoms with Crippen molar-refractivity contribution in [3.05, 3.63) is 23.8 Å². The van der Waals surface area contributed by atoms with E-state index in [2.05, 4.69) is 10.6 Å². The van der Waals surface area contributed by atoms with Gasteiger partial charge in [-0.3, -0.25) is 0 Å². The molecule has 3 unspecified atom stereocenters. The number of benzene rings is 1. The molecule has 146 valence electrons. The first-order chi connectivity index (χ1) is 12.5. The van der Waals surface area contributed by atoms with Crippen LogP contribution in [-0.2, 0) is 6.42 Å². The second-order valence-electron chi connectivity index (χ2n) is 8.32. The van der Waals surface area contributed by atoms with E-state index in [0.29, 0.717) is 18.9 Å². The first-order valence-electron chi connectivity index (χ1n) is 10.1. The highest BCUT2D eigenvalue weighted by atomic mass is 16.3. The molecule has 2 aliphatic carbocycles. The fourth-order valence-corrected chi connectivity index (χ4v) is 4.28. The third-order valence-electron chi connectivity index (χ3n) is 6.35. The predicted molar refractivity (Wildman–Crippen MR) is 103 cm³/mol. The summed E-state index contributed by atoms with van der Waals surface area (Å²) in [7, 11) is 2.01. The molecule has 5 heteroatoms. The Kier molecular flexibility index (Phi) is 6.43. The molecule has 0 aliphatic heterocycles. The van der Waals surface area contributed by atoms with Gasteiger partial charge in [-0.2, -0.15) is 0 Å². The summed E-state index contributed by atoms with van der Waals surface area (Å²) >= 11 is 0. The summed E-state index contributed by atoms with van der Waals surface area (Å²) in [5, 5.41) is 37.5. The average molecular weight is 363 g/mol. The van der Waals surface area contributed by atoms with Crippen LogP contribution in [0, 0.1) is 11.8 Å². The minimum Gasteiger partial charge on any atom is -0.504 e. The molecule has 0 radical (unpaired) electrons. The molecule has 0 bridgehead atoms. The normalized spacial score (nSPS) is 29.0. The van der Waals surface area contributed by atoms with Gasteiger partial charge < -0.3 is 26.0 Å². The van der Waals surface area contributed by atoms with Crippen LogP contribution in [0.4, 0.5) is 0 Å². The van der Waals surface area contributed by atoms with Gasteiger partial charge in [0.1, 0.15) is 0 Å². The van der Waals surface area contributed by atoms with Crippen molar-refractivity contribution >= 4 is 0 Å². The molecule has 3 atom stereocenters. The summed E-state index contributed by atoms with van der Waals surface area (Å²) in [5.74, 6) is 0.981. The van der Waals surface area contributed by atoms with Crippen LogP contribution in [0.1, 0.15) is 50.5 Å². The van der Waals surface area contributed by atoms with Gasteiger partial charge >= 0.3 is 0 Å². The number of hydrogen-bond acceptors (Lipinski definition) is 5. The lowest BCUT2D eigenvalue weighted by molar-refractivity contribution is -0.0640. The Hall–Kier alpha value is -1.30. The monoisotopic (exact) mass is 362 g/mol. The maximum atomic E-state index is 11.4. The summed E-state index contributed by atoms with van der Waals surface area (Å²) in [6.45, 7) is 2.09. The Labute approximate surface area is 156 Å². The van der Waals surface area contributed by atoms with Crippen LogP contribution in [0.15, 0.2) is 18.2 Å². The Morgan fingerprint density at radius 3 is 2.65 bits per heavy atom. The zero-order chi connectivity index (χ0) is 18.6. The predicted octanol–water partition coefficient (Wildman–Crippen LogP) is 2.54. The van der Waals surface area contributed by atoms with Gasteiger partial charge in [-0.25, -0.2) is 0 Å². The molecule has 3 rings (SSSR count). The van der Waals surface area contributed by atoms with E-state index < -0.39 is 5.60 Å². The van der Waals surface area contributed by atoms with E-state index in [9.17, 15) is 15.3 Å². The van der Waals surface area contributed by atoms with E-state index in [-0.39, 0.29) is 17.4 Å². The van der Waals surface area contributed by atoms with E-state index in [1.807, 2.05) is 13.1 Å². The maximum absolute atomic E-state index is 11.4. The van der Waals surface area contributed by atoms with Crippen molar-refractivity contribution in [1.82, 2.24) is 10.6 Å². The number of phenolic OH excluding ortho intramolecular Hbond substituents is 2. The molecule has 5 N–H and O–H groups in total. The highest BCUT2D eigenvalue weighted by Gasteiger charge is 2.40. The van der Waals surface area contributed by atoms with E-state index in [0.717, 1.165) is 50.3 Å². The van der Waals surface area contributed by atoms with Crippen molar-refractivity contribution in [3.8, 4) is 11.5 Å². The molecule has 2 aliphatic rings. The molecule has 2 fully saturated rings. The number of aryl methyl sites for hydroxylation is 1. The lowest BCUT2D eigenvalue weighted by Gasteiger charge is -2.43. The van der Waals surface area contributed by atoms with Gasteiger partial charge in [0.05, 0.1) is 5.60 Å². The smallest absolute Gasteiger partial charge is 0.157 e. The fourth-order valence-electron chi connectivity index (χ4n) is 4.28. The molecule has 2 saturated carbocycles. The third-order valence-corrected chi connectivity index (χ3v) is 6.35. The molecular formula is C21H34N2O3. The zero-order valence-corrected chi connectivity index (χ0v) is 15.9. The minimum atomic E-state index is -0.651. The van der Waals surface area contributed by atoms with Crippen LogP contribution in [0.3, 0.4) is 0 Å². The summed E-state index contributed by atoms with van der Waals surface area (Å²) in [6, 6.07) is 5.43. The molecule has 26 heavy (non-hydrogen) atoms. The van der Waals surface area contributed by atoms with Crippen molar-refractivity contribution in [3.63, 3.8) is 0 Å². The first-order valence-corrected chi connectivity index (χ1v) is 10.1.